The van der Waals surface area contributed by atoms with Crippen LogP contribution in [0.2, 0.25) is 5.02 Å². The van der Waals surface area contributed by atoms with Crippen molar-refractivity contribution in [3.05, 3.63) is 94.5 Å². The molecule has 0 aromatic heterocycles. The molecular formula is C25H22ClNO4. The minimum atomic E-state index is -1.17. The highest BCUT2D eigenvalue weighted by molar-refractivity contribution is 6.30. The lowest BCUT2D eigenvalue weighted by molar-refractivity contribution is -0.128. The van der Waals surface area contributed by atoms with Crippen molar-refractivity contribution in [1.29, 1.82) is 0 Å². The van der Waals surface area contributed by atoms with E-state index in [-0.39, 0.29) is 17.5 Å². The molecule has 3 rings (SSSR count). The summed E-state index contributed by atoms with van der Waals surface area (Å²) in [5.41, 5.74) is 1.01. The van der Waals surface area contributed by atoms with E-state index in [1.54, 1.807) is 86.6 Å². The number of halogens is 1. The zero-order valence-corrected chi connectivity index (χ0v) is 18.2. The predicted molar refractivity (Wildman–Crippen MR) is 121 cm³/mol. The van der Waals surface area contributed by atoms with Crippen LogP contribution in [-0.2, 0) is 4.79 Å². The number of ketones is 2. The molecule has 0 aliphatic rings. The van der Waals surface area contributed by atoms with Crippen molar-refractivity contribution in [1.82, 2.24) is 0 Å². The van der Waals surface area contributed by atoms with Crippen LogP contribution >= 0.6 is 11.6 Å². The summed E-state index contributed by atoms with van der Waals surface area (Å²) in [5.74, 6) is -0.0575. The Morgan fingerprint density at radius 1 is 0.774 bits per heavy atom. The second kappa shape index (κ2) is 9.14. The van der Waals surface area contributed by atoms with Crippen molar-refractivity contribution in [2.45, 2.75) is 26.4 Å². The average molecular weight is 436 g/mol. The Hall–Kier alpha value is -3.44. The highest BCUT2D eigenvalue weighted by Crippen LogP contribution is 2.22. The minimum absolute atomic E-state index is 0.0421. The number of benzene rings is 3. The lowest BCUT2D eigenvalue weighted by atomic mass is 10.0. The van der Waals surface area contributed by atoms with E-state index in [0.717, 1.165) is 0 Å². The zero-order valence-electron chi connectivity index (χ0n) is 17.4. The van der Waals surface area contributed by atoms with Crippen molar-refractivity contribution in [3.63, 3.8) is 0 Å². The maximum Gasteiger partial charge on any atom is 0.267 e. The van der Waals surface area contributed by atoms with Crippen LogP contribution in [0.4, 0.5) is 5.69 Å². The number of anilines is 1. The highest BCUT2D eigenvalue weighted by atomic mass is 35.5. The van der Waals surface area contributed by atoms with Crippen LogP contribution < -0.4 is 10.1 Å². The number of ether oxygens (including phenoxy) is 1. The van der Waals surface area contributed by atoms with E-state index in [1.165, 1.54) is 6.92 Å². The van der Waals surface area contributed by atoms with Crippen molar-refractivity contribution in [3.8, 4) is 5.75 Å². The van der Waals surface area contributed by atoms with E-state index < -0.39 is 5.60 Å². The Labute approximate surface area is 186 Å². The monoisotopic (exact) mass is 435 g/mol. The first-order chi connectivity index (χ1) is 14.7. The molecule has 1 N–H and O–H groups in total. The fourth-order valence-corrected chi connectivity index (χ4v) is 2.98. The molecule has 0 aliphatic heterocycles. The lowest BCUT2D eigenvalue weighted by Gasteiger charge is -2.25. The van der Waals surface area contributed by atoms with E-state index in [0.29, 0.717) is 33.1 Å². The van der Waals surface area contributed by atoms with Gasteiger partial charge in [0.1, 0.15) is 5.75 Å². The lowest BCUT2D eigenvalue weighted by Crippen LogP contribution is -2.42. The van der Waals surface area contributed by atoms with Gasteiger partial charge in [0.2, 0.25) is 0 Å². The third kappa shape index (κ3) is 5.58. The summed E-state index contributed by atoms with van der Waals surface area (Å²) in [6.45, 7) is 4.79. The van der Waals surface area contributed by atoms with Crippen LogP contribution in [-0.4, -0.2) is 23.1 Å². The maximum atomic E-state index is 12.7. The minimum Gasteiger partial charge on any atom is -0.478 e. The molecule has 158 valence electrons. The molecule has 0 aliphatic carbocycles. The molecule has 1 amide bonds. The van der Waals surface area contributed by atoms with Crippen LogP contribution in [0.3, 0.4) is 0 Å². The topological polar surface area (TPSA) is 72.5 Å². The molecule has 0 saturated carbocycles. The number of hydrogen-bond donors (Lipinski definition) is 1. The Bertz CT molecular complexity index is 1100. The van der Waals surface area contributed by atoms with Gasteiger partial charge in [0, 0.05) is 27.4 Å². The van der Waals surface area contributed by atoms with E-state index >= 15 is 0 Å². The van der Waals surface area contributed by atoms with Gasteiger partial charge in [-0.15, -0.1) is 0 Å². The summed E-state index contributed by atoms with van der Waals surface area (Å²) in [4.78, 5) is 36.6. The Kier molecular flexibility index (Phi) is 6.56. The summed E-state index contributed by atoms with van der Waals surface area (Å²) < 4.78 is 5.86. The number of amides is 1. The number of carbonyl (C=O) groups is 3. The second-order valence-corrected chi connectivity index (χ2v) is 8.00. The molecule has 6 heteroatoms. The molecule has 3 aromatic rings. The third-order valence-electron chi connectivity index (χ3n) is 4.69. The van der Waals surface area contributed by atoms with Gasteiger partial charge in [0.25, 0.3) is 5.91 Å². The van der Waals surface area contributed by atoms with E-state index in [1.807, 2.05) is 0 Å². The molecule has 0 saturated heterocycles. The molecule has 0 fully saturated rings. The molecular weight excluding hydrogens is 414 g/mol. The Morgan fingerprint density at radius 3 is 1.77 bits per heavy atom. The first-order valence-electron chi connectivity index (χ1n) is 9.67. The summed E-state index contributed by atoms with van der Waals surface area (Å²) in [6.07, 6.45) is 0. The smallest absolute Gasteiger partial charge is 0.267 e. The van der Waals surface area contributed by atoms with Crippen LogP contribution in [0.15, 0.2) is 72.8 Å². The van der Waals surface area contributed by atoms with Gasteiger partial charge in [0.05, 0.1) is 0 Å². The molecule has 0 spiro atoms. The molecule has 0 radical (unpaired) electrons. The maximum absolute atomic E-state index is 12.7. The first-order valence-corrected chi connectivity index (χ1v) is 10.1. The fraction of sp³-hybridized carbons (Fsp3) is 0.160. The van der Waals surface area contributed by atoms with Crippen molar-refractivity contribution in [2.75, 3.05) is 5.32 Å². The average Bonchev–Trinajstić information content (AvgIpc) is 2.74. The standard InChI is InChI=1S/C25H22ClNO4/c1-16(28)17-6-12-21(13-7-17)27-24(30)25(2,3)31-22-14-8-19(9-15-22)23(29)18-4-10-20(26)11-5-18/h4-15H,1-3H3,(H,27,30). The molecule has 5 nitrogen and oxygen atoms in total. The normalized spacial score (nSPS) is 11.0. The largest absolute Gasteiger partial charge is 0.478 e. The molecule has 3 aromatic carbocycles. The van der Waals surface area contributed by atoms with E-state index in [9.17, 15) is 14.4 Å². The Morgan fingerprint density at radius 2 is 1.26 bits per heavy atom. The number of nitrogens with one attached hydrogen (secondary N) is 1. The molecule has 0 unspecified atom stereocenters. The van der Waals surface area contributed by atoms with Crippen molar-refractivity contribution < 1.29 is 19.1 Å². The molecule has 0 atom stereocenters. The molecule has 0 heterocycles. The Balaban J connectivity index is 1.66. The van der Waals surface area contributed by atoms with Gasteiger partial charge in [-0.3, -0.25) is 14.4 Å². The van der Waals surface area contributed by atoms with Gasteiger partial charge in [-0.05, 0) is 93.6 Å². The van der Waals surface area contributed by atoms with Gasteiger partial charge in [-0.25, -0.2) is 0 Å². The third-order valence-corrected chi connectivity index (χ3v) is 4.94. The van der Waals surface area contributed by atoms with Gasteiger partial charge in [0.15, 0.2) is 17.2 Å². The predicted octanol–water partition coefficient (Wildman–Crippen LogP) is 5.57. The van der Waals surface area contributed by atoms with Crippen molar-refractivity contribution in [2.24, 2.45) is 0 Å². The summed E-state index contributed by atoms with van der Waals surface area (Å²) >= 11 is 5.87. The molecule has 31 heavy (non-hydrogen) atoms. The van der Waals surface area contributed by atoms with E-state index in [2.05, 4.69) is 5.32 Å². The summed E-state index contributed by atoms with van der Waals surface area (Å²) in [5, 5.41) is 3.35. The molecule has 0 bridgehead atoms. The zero-order chi connectivity index (χ0) is 22.6. The van der Waals surface area contributed by atoms with Crippen LogP contribution in [0.1, 0.15) is 47.1 Å². The van der Waals surface area contributed by atoms with Gasteiger partial charge in [-0.2, -0.15) is 0 Å². The van der Waals surface area contributed by atoms with Crippen molar-refractivity contribution >= 4 is 34.8 Å². The van der Waals surface area contributed by atoms with Crippen LogP contribution in [0, 0.1) is 0 Å². The summed E-state index contributed by atoms with van der Waals surface area (Å²) in [7, 11) is 0. The fourth-order valence-electron chi connectivity index (χ4n) is 2.85. The number of rotatable bonds is 7. The second-order valence-electron chi connectivity index (χ2n) is 7.56. The number of carbonyl (C=O) groups excluding carboxylic acids is 3. The number of Topliss-reactive ketones (excluding diaryl/α,β-unsaturated/α-hetero) is 1. The van der Waals surface area contributed by atoms with Crippen LogP contribution in [0.5, 0.6) is 5.75 Å². The highest BCUT2D eigenvalue weighted by Gasteiger charge is 2.30. The van der Waals surface area contributed by atoms with Gasteiger partial charge in [-0.1, -0.05) is 11.6 Å². The van der Waals surface area contributed by atoms with Gasteiger partial charge >= 0.3 is 0 Å². The van der Waals surface area contributed by atoms with Crippen LogP contribution in [0.25, 0.3) is 0 Å². The quantitative estimate of drug-likeness (QED) is 0.492. The summed E-state index contributed by atoms with van der Waals surface area (Å²) in [6, 6.07) is 19.9. The van der Waals surface area contributed by atoms with Gasteiger partial charge < -0.3 is 10.1 Å². The number of hydrogen-bond acceptors (Lipinski definition) is 4. The van der Waals surface area contributed by atoms with E-state index in [4.69, 9.17) is 16.3 Å². The SMILES string of the molecule is CC(=O)c1ccc(NC(=O)C(C)(C)Oc2ccc(C(=O)c3ccc(Cl)cc3)cc2)cc1. The first kappa shape index (κ1) is 22.2.